The Balaban J connectivity index is 3.03. The number of carbonyl (C=O) groups excluding carboxylic acids is 2. The summed E-state index contributed by atoms with van der Waals surface area (Å²) in [7, 11) is 2.60. The number of methoxy groups -OCH3 is 2. The highest BCUT2D eigenvalue weighted by molar-refractivity contribution is 5.92. The van der Waals surface area contributed by atoms with Crippen LogP contribution in [0.25, 0.3) is 0 Å². The summed E-state index contributed by atoms with van der Waals surface area (Å²) in [6.45, 7) is 0. The topological polar surface area (TPSA) is 119 Å². The van der Waals surface area contributed by atoms with Crippen LogP contribution in [0.15, 0.2) is 18.2 Å². The van der Waals surface area contributed by atoms with E-state index in [0.717, 1.165) is 0 Å². The van der Waals surface area contributed by atoms with Gasteiger partial charge in [-0.3, -0.25) is 4.79 Å². The summed E-state index contributed by atoms with van der Waals surface area (Å²) in [5.74, 6) is -1.12. The summed E-state index contributed by atoms with van der Waals surface area (Å²) in [5.41, 5.74) is 5.44. The summed E-state index contributed by atoms with van der Waals surface area (Å²) in [6, 6.07) is 4.23. The summed E-state index contributed by atoms with van der Waals surface area (Å²) in [4.78, 5) is 22.2. The van der Waals surface area contributed by atoms with Crippen LogP contribution in [-0.4, -0.2) is 42.4 Å². The standard InChI is InChI=1S/C13H17NO6/c1-19-10-5-7(3-4-8(10)13(18)20-2)12(17)9(15)6-11(14)16/h3-5,9,12,15,17H,6H2,1-2H3,(H2,14,16). The smallest absolute Gasteiger partial charge is 0.341 e. The third-order valence-electron chi connectivity index (χ3n) is 2.75. The van der Waals surface area contributed by atoms with Gasteiger partial charge in [-0.2, -0.15) is 0 Å². The highest BCUT2D eigenvalue weighted by atomic mass is 16.5. The Bertz CT molecular complexity index is 502. The Hall–Kier alpha value is -2.12. The van der Waals surface area contributed by atoms with E-state index in [0.29, 0.717) is 5.56 Å². The molecule has 0 aliphatic rings. The lowest BCUT2D eigenvalue weighted by atomic mass is 10.00. The maximum atomic E-state index is 11.5. The lowest BCUT2D eigenvalue weighted by Crippen LogP contribution is -2.25. The molecule has 0 aliphatic heterocycles. The zero-order valence-electron chi connectivity index (χ0n) is 11.2. The van der Waals surface area contributed by atoms with Crippen LogP contribution in [0.5, 0.6) is 5.75 Å². The number of hydrogen-bond acceptors (Lipinski definition) is 6. The van der Waals surface area contributed by atoms with Crippen LogP contribution in [0.4, 0.5) is 0 Å². The van der Waals surface area contributed by atoms with Crippen molar-refractivity contribution >= 4 is 11.9 Å². The minimum Gasteiger partial charge on any atom is -0.496 e. The number of hydrogen-bond donors (Lipinski definition) is 3. The highest BCUT2D eigenvalue weighted by Crippen LogP contribution is 2.26. The van der Waals surface area contributed by atoms with Crippen molar-refractivity contribution < 1.29 is 29.3 Å². The monoisotopic (exact) mass is 283 g/mol. The molecule has 0 aromatic heterocycles. The molecule has 0 aliphatic carbocycles. The second-order valence-electron chi connectivity index (χ2n) is 4.13. The number of nitrogens with two attached hydrogens (primary N) is 1. The molecular weight excluding hydrogens is 266 g/mol. The van der Waals surface area contributed by atoms with Crippen LogP contribution >= 0.6 is 0 Å². The van der Waals surface area contributed by atoms with Gasteiger partial charge >= 0.3 is 5.97 Å². The molecule has 2 atom stereocenters. The zero-order valence-corrected chi connectivity index (χ0v) is 11.2. The summed E-state index contributed by atoms with van der Waals surface area (Å²) in [5, 5.41) is 19.6. The van der Waals surface area contributed by atoms with Crippen LogP contribution in [-0.2, 0) is 9.53 Å². The molecule has 0 saturated carbocycles. The molecule has 110 valence electrons. The second-order valence-corrected chi connectivity index (χ2v) is 4.13. The number of aliphatic hydroxyl groups excluding tert-OH is 2. The first-order valence-corrected chi connectivity index (χ1v) is 5.81. The van der Waals surface area contributed by atoms with Crippen molar-refractivity contribution in [1.82, 2.24) is 0 Å². The first-order chi connectivity index (χ1) is 9.40. The Morgan fingerprint density at radius 2 is 1.95 bits per heavy atom. The SMILES string of the molecule is COC(=O)c1ccc(C(O)C(O)CC(N)=O)cc1OC. The first-order valence-electron chi connectivity index (χ1n) is 5.81. The van der Waals surface area contributed by atoms with Crippen molar-refractivity contribution in [2.45, 2.75) is 18.6 Å². The predicted molar refractivity (Wildman–Crippen MR) is 69.1 cm³/mol. The summed E-state index contributed by atoms with van der Waals surface area (Å²) < 4.78 is 9.62. The average molecular weight is 283 g/mol. The fourth-order valence-corrected chi connectivity index (χ4v) is 1.71. The molecule has 1 amide bonds. The molecule has 7 nitrogen and oxygen atoms in total. The molecule has 0 radical (unpaired) electrons. The Morgan fingerprint density at radius 1 is 1.30 bits per heavy atom. The summed E-state index contributed by atoms with van der Waals surface area (Å²) >= 11 is 0. The molecule has 1 rings (SSSR count). The maximum absolute atomic E-state index is 11.5. The van der Waals surface area contributed by atoms with Gasteiger partial charge in [0.1, 0.15) is 17.4 Å². The van der Waals surface area contributed by atoms with Gasteiger partial charge in [0.2, 0.25) is 5.91 Å². The third-order valence-corrected chi connectivity index (χ3v) is 2.75. The van der Waals surface area contributed by atoms with E-state index in [9.17, 15) is 19.8 Å². The fourth-order valence-electron chi connectivity index (χ4n) is 1.71. The van der Waals surface area contributed by atoms with E-state index in [1.54, 1.807) is 0 Å². The van der Waals surface area contributed by atoms with E-state index in [4.69, 9.17) is 10.5 Å². The molecule has 0 fully saturated rings. The number of rotatable bonds is 6. The molecule has 4 N–H and O–H groups in total. The average Bonchev–Trinajstić information content (AvgIpc) is 2.44. The van der Waals surface area contributed by atoms with Crippen LogP contribution in [0.3, 0.4) is 0 Å². The van der Waals surface area contributed by atoms with Gasteiger partial charge in [0.25, 0.3) is 0 Å². The van der Waals surface area contributed by atoms with Crippen molar-refractivity contribution in [1.29, 1.82) is 0 Å². The van der Waals surface area contributed by atoms with Gasteiger partial charge in [0.15, 0.2) is 0 Å². The number of carbonyl (C=O) groups is 2. The lowest BCUT2D eigenvalue weighted by Gasteiger charge is -2.18. The van der Waals surface area contributed by atoms with Gasteiger partial charge in [0, 0.05) is 0 Å². The third kappa shape index (κ3) is 3.69. The molecule has 0 heterocycles. The zero-order chi connectivity index (χ0) is 15.3. The van der Waals surface area contributed by atoms with Crippen molar-refractivity contribution in [3.63, 3.8) is 0 Å². The second kappa shape index (κ2) is 6.88. The van der Waals surface area contributed by atoms with Gasteiger partial charge in [-0.1, -0.05) is 6.07 Å². The minimum absolute atomic E-state index is 0.190. The van der Waals surface area contributed by atoms with E-state index < -0.39 is 24.1 Å². The van der Waals surface area contributed by atoms with E-state index in [1.807, 2.05) is 0 Å². The Morgan fingerprint density at radius 3 is 2.45 bits per heavy atom. The highest BCUT2D eigenvalue weighted by Gasteiger charge is 2.22. The molecule has 7 heteroatoms. The van der Waals surface area contributed by atoms with E-state index in [-0.39, 0.29) is 17.7 Å². The van der Waals surface area contributed by atoms with Crippen molar-refractivity contribution in [2.75, 3.05) is 14.2 Å². The minimum atomic E-state index is -1.33. The number of benzene rings is 1. The summed E-state index contributed by atoms with van der Waals surface area (Å²) in [6.07, 6.45) is -3.02. The molecule has 2 unspecified atom stereocenters. The number of esters is 1. The molecule has 1 aromatic carbocycles. The normalized spacial score (nSPS) is 13.4. The number of primary amides is 1. The largest absolute Gasteiger partial charge is 0.496 e. The Kier molecular flexibility index (Phi) is 5.48. The molecule has 0 bridgehead atoms. The fraction of sp³-hybridized carbons (Fsp3) is 0.385. The van der Waals surface area contributed by atoms with Gasteiger partial charge in [0.05, 0.1) is 26.7 Å². The van der Waals surface area contributed by atoms with E-state index in [1.165, 1.54) is 32.4 Å². The van der Waals surface area contributed by atoms with Gasteiger partial charge in [-0.15, -0.1) is 0 Å². The first kappa shape index (κ1) is 15.9. The number of aliphatic hydroxyl groups is 2. The lowest BCUT2D eigenvalue weighted by molar-refractivity contribution is -0.121. The van der Waals surface area contributed by atoms with Crippen molar-refractivity contribution in [2.24, 2.45) is 5.73 Å². The van der Waals surface area contributed by atoms with Gasteiger partial charge in [-0.05, 0) is 17.7 Å². The van der Waals surface area contributed by atoms with Crippen LogP contribution in [0.2, 0.25) is 0 Å². The van der Waals surface area contributed by atoms with Gasteiger partial charge < -0.3 is 25.4 Å². The molecule has 20 heavy (non-hydrogen) atoms. The van der Waals surface area contributed by atoms with Crippen LogP contribution in [0.1, 0.15) is 28.4 Å². The quantitative estimate of drug-likeness (QED) is 0.619. The maximum Gasteiger partial charge on any atom is 0.341 e. The predicted octanol–water partition coefficient (Wildman–Crippen LogP) is -0.249. The number of ether oxygens (including phenoxy) is 2. The Labute approximate surface area is 115 Å². The van der Waals surface area contributed by atoms with E-state index >= 15 is 0 Å². The van der Waals surface area contributed by atoms with Crippen LogP contribution in [0, 0.1) is 0 Å². The molecule has 0 saturated heterocycles. The van der Waals surface area contributed by atoms with E-state index in [2.05, 4.69) is 4.74 Å². The molecule has 1 aromatic rings. The van der Waals surface area contributed by atoms with Crippen molar-refractivity contribution in [3.8, 4) is 5.75 Å². The van der Waals surface area contributed by atoms with Crippen LogP contribution < -0.4 is 10.5 Å². The van der Waals surface area contributed by atoms with Crippen molar-refractivity contribution in [3.05, 3.63) is 29.3 Å². The van der Waals surface area contributed by atoms with Gasteiger partial charge in [-0.25, -0.2) is 4.79 Å². The molecular formula is C13H17NO6. The number of amides is 1. The molecule has 0 spiro atoms.